The fraction of sp³-hybridized carbons (Fsp3) is 0.417. The minimum atomic E-state index is -5.65. The predicted octanol–water partition coefficient (Wildman–Crippen LogP) is 1.37. The van der Waals surface area contributed by atoms with Gasteiger partial charge in [0, 0.05) is 43.5 Å². The Balaban J connectivity index is 0.947. The van der Waals surface area contributed by atoms with Crippen LogP contribution >= 0.6 is 47.9 Å². The molecule has 34 heteroatoms. The first-order valence-corrected chi connectivity index (χ1v) is 30.8. The van der Waals surface area contributed by atoms with E-state index in [1.54, 1.807) is 42.5 Å². The number of hydrogen-bond acceptors (Lipinski definition) is 22. The maximum Gasteiger partial charge on any atom is 0.481 e. The van der Waals surface area contributed by atoms with Gasteiger partial charge in [-0.3, -0.25) is 42.1 Å². The molecule has 6 rings (SSSR count). The number of carbonyl (C=O) groups excluding carboxylic acids is 5. The van der Waals surface area contributed by atoms with Gasteiger partial charge in [0.15, 0.2) is 17.7 Å². The summed E-state index contributed by atoms with van der Waals surface area (Å²) in [6, 6.07) is 22.0. The Kier molecular flexibility index (Phi) is 23.3. The molecule has 0 aliphatic carbocycles. The van der Waals surface area contributed by atoms with E-state index < -0.39 is 119 Å². The lowest BCUT2D eigenvalue weighted by molar-refractivity contribution is -0.137. The van der Waals surface area contributed by atoms with Gasteiger partial charge in [0.25, 0.3) is 0 Å². The molecule has 13 N–H and O–H groups in total. The molecule has 1 fully saturated rings. The van der Waals surface area contributed by atoms with Gasteiger partial charge in [0.05, 0.1) is 24.8 Å². The quantitative estimate of drug-likeness (QED) is 0.0175. The van der Waals surface area contributed by atoms with Crippen molar-refractivity contribution in [3.63, 3.8) is 0 Å². The van der Waals surface area contributed by atoms with Gasteiger partial charge in [0.2, 0.25) is 28.7 Å². The van der Waals surface area contributed by atoms with Gasteiger partial charge in [-0.15, -0.1) is 0 Å². The number of amides is 4. The van der Waals surface area contributed by atoms with E-state index in [0.717, 1.165) is 40.1 Å². The standard InChI is InChI=1S/C48H62N9O20P3S2/c1-48(2,25-74-80(71,72)77-79(69,70)73-24-34-39(76-78(66,67)68)38(60)46(75-34)57-27-54-37-41(49)52-26-53-42(37)57)40(61)45(64)51-18-17-36(59)50-19-20-82-47(65)33(22-30-13-15-31(58)16-14-30)56-43(62)32(21-28-9-5-3-6-10-28)55-44(63)35(81)23-29-11-7-4-8-12-29/h3-16,26-27,32-35,38-40,46,58,60-61,81H,17-25H2,1-2H3,(H,50,59)(H,51,64)(H,55,63)(H,56,62)(H,69,70)(H,71,72)(H2,49,52,53)(H2,66,67,68). The highest BCUT2D eigenvalue weighted by molar-refractivity contribution is 8.13. The highest BCUT2D eigenvalue weighted by Crippen LogP contribution is 2.61. The van der Waals surface area contributed by atoms with Crippen LogP contribution in [0.1, 0.15) is 43.2 Å². The molecular formula is C48H62N9O20P3S2. The zero-order chi connectivity index (χ0) is 60.0. The molecule has 10 unspecified atom stereocenters. The van der Waals surface area contributed by atoms with Crippen molar-refractivity contribution in [1.29, 1.82) is 0 Å². The first-order valence-electron chi connectivity index (χ1n) is 24.8. The van der Waals surface area contributed by atoms with E-state index in [0.29, 0.717) is 12.0 Å². The SMILES string of the molecule is CC(C)(COP(=O)(O)OP(=O)(O)OCC1OC(n2cnc3c(N)ncnc32)C(O)C1OP(=O)(O)O)C(O)C(=O)NCCC(=O)NCCSC(=O)C(Cc1ccc(O)cc1)NC(=O)C(Cc1ccccc1)NC(=O)C(S)Cc1ccccc1. The maximum atomic E-state index is 14.0. The van der Waals surface area contributed by atoms with E-state index in [9.17, 15) is 72.6 Å². The number of phosphoric ester groups is 3. The molecule has 29 nitrogen and oxygen atoms in total. The molecule has 5 aromatic rings. The molecule has 0 radical (unpaired) electrons. The van der Waals surface area contributed by atoms with Crippen LogP contribution in [-0.2, 0) is 79.5 Å². The highest BCUT2D eigenvalue weighted by Gasteiger charge is 2.50. The number of ether oxygens (including phenoxy) is 1. The smallest absolute Gasteiger partial charge is 0.481 e. The number of thiol groups is 1. The number of nitrogen functional groups attached to an aromatic ring is 1. The van der Waals surface area contributed by atoms with E-state index in [1.165, 1.54) is 26.0 Å². The van der Waals surface area contributed by atoms with Crippen molar-refractivity contribution in [3.05, 3.63) is 114 Å². The average Bonchev–Trinajstić information content (AvgIpc) is 4.13. The molecule has 0 bridgehead atoms. The fourth-order valence-electron chi connectivity index (χ4n) is 7.97. The van der Waals surface area contributed by atoms with Crippen LogP contribution in [0.25, 0.3) is 11.2 Å². The summed E-state index contributed by atoms with van der Waals surface area (Å²) in [5, 5.41) is 40.9. The second-order valence-corrected chi connectivity index (χ2v) is 25.1. The summed E-state index contributed by atoms with van der Waals surface area (Å²) in [6.45, 7) is -0.0413. The van der Waals surface area contributed by atoms with Crippen LogP contribution in [-0.4, -0.2) is 157 Å². The summed E-state index contributed by atoms with van der Waals surface area (Å²) in [4.78, 5) is 118. The molecule has 10 atom stereocenters. The van der Waals surface area contributed by atoms with Crippen LogP contribution in [0.4, 0.5) is 5.82 Å². The van der Waals surface area contributed by atoms with E-state index in [2.05, 4.69) is 57.7 Å². The molecule has 2 aromatic heterocycles. The third-order valence-corrected chi connectivity index (χ3v) is 16.7. The number of phosphoric acid groups is 3. The molecule has 4 amide bonds. The Labute approximate surface area is 478 Å². The molecule has 0 spiro atoms. The topological polar surface area (TPSA) is 442 Å². The lowest BCUT2D eigenvalue weighted by Crippen LogP contribution is -2.54. The number of imidazole rings is 1. The third kappa shape index (κ3) is 19.7. The summed E-state index contributed by atoms with van der Waals surface area (Å²) < 4.78 is 62.8. The first kappa shape index (κ1) is 65.5. The van der Waals surface area contributed by atoms with Crippen LogP contribution in [0.5, 0.6) is 5.75 Å². The van der Waals surface area contributed by atoms with Gasteiger partial charge >= 0.3 is 23.5 Å². The number of nitrogens with zero attached hydrogens (tertiary/aromatic N) is 4. The van der Waals surface area contributed by atoms with E-state index in [1.807, 2.05) is 30.3 Å². The third-order valence-electron chi connectivity index (χ3n) is 12.2. The summed E-state index contributed by atoms with van der Waals surface area (Å²) in [5.74, 6) is -2.80. The van der Waals surface area contributed by atoms with Crippen LogP contribution in [0.15, 0.2) is 97.6 Å². The van der Waals surface area contributed by atoms with Crippen LogP contribution in [0, 0.1) is 5.41 Å². The monoisotopic (exact) mass is 1240 g/mol. The van der Waals surface area contributed by atoms with E-state index >= 15 is 0 Å². The number of hydrogen-bond donors (Lipinski definition) is 13. The Hall–Kier alpha value is -5.69. The number of rotatable bonds is 30. The minimum absolute atomic E-state index is 0.00815. The summed E-state index contributed by atoms with van der Waals surface area (Å²) in [5.41, 5.74) is 6.37. The zero-order valence-electron chi connectivity index (χ0n) is 43.7. The van der Waals surface area contributed by atoms with Crippen molar-refractivity contribution in [2.75, 3.05) is 37.8 Å². The molecule has 1 saturated heterocycles. The number of anilines is 1. The number of aromatic hydroxyl groups is 1. The molecule has 3 heterocycles. The number of phenols is 1. The number of fused-ring (bicyclic) bond motifs is 1. The minimum Gasteiger partial charge on any atom is -0.508 e. The van der Waals surface area contributed by atoms with E-state index in [-0.39, 0.29) is 60.8 Å². The number of aromatic nitrogens is 4. The number of thioether (sulfide) groups is 1. The maximum absolute atomic E-state index is 14.0. The lowest BCUT2D eigenvalue weighted by atomic mass is 9.87. The number of nitrogens with two attached hydrogens (primary N) is 1. The van der Waals surface area contributed by atoms with Gasteiger partial charge in [0.1, 0.15) is 54.1 Å². The van der Waals surface area contributed by atoms with Crippen molar-refractivity contribution in [2.45, 2.75) is 87.5 Å². The average molecular weight is 1240 g/mol. The molecule has 82 heavy (non-hydrogen) atoms. The predicted molar refractivity (Wildman–Crippen MR) is 296 cm³/mol. The summed E-state index contributed by atoms with van der Waals surface area (Å²) in [6.07, 6.45) is -6.93. The summed E-state index contributed by atoms with van der Waals surface area (Å²) in [7, 11) is -16.6. The van der Waals surface area contributed by atoms with Gasteiger partial charge in [-0.05, 0) is 35.2 Å². The Bertz CT molecular complexity index is 3150. The highest BCUT2D eigenvalue weighted by atomic mass is 32.2. The first-order chi connectivity index (χ1) is 38.6. The Morgan fingerprint density at radius 3 is 2.04 bits per heavy atom. The van der Waals surface area contributed by atoms with Gasteiger partial charge in [-0.25, -0.2) is 28.6 Å². The number of carbonyl (C=O) groups is 5. The van der Waals surface area contributed by atoms with Gasteiger partial charge < -0.3 is 66.6 Å². The van der Waals surface area contributed by atoms with Crippen molar-refractivity contribution in [3.8, 4) is 5.75 Å². The van der Waals surface area contributed by atoms with Crippen LogP contribution in [0.3, 0.4) is 0 Å². The zero-order valence-corrected chi connectivity index (χ0v) is 48.1. The van der Waals surface area contributed by atoms with Crippen molar-refractivity contribution >= 4 is 93.6 Å². The second-order valence-electron chi connectivity index (χ2n) is 19.1. The molecule has 446 valence electrons. The molecule has 1 aliphatic heterocycles. The molecule has 0 saturated carbocycles. The van der Waals surface area contributed by atoms with Crippen molar-refractivity contribution < 1.29 is 95.2 Å². The van der Waals surface area contributed by atoms with Gasteiger partial charge in [-0.1, -0.05) is 98.4 Å². The van der Waals surface area contributed by atoms with Crippen LogP contribution in [0.2, 0.25) is 0 Å². The normalized spacial score (nSPS) is 19.4. The molecule has 1 aliphatic rings. The number of aliphatic hydroxyl groups is 2. The van der Waals surface area contributed by atoms with Crippen LogP contribution < -0.4 is 27.0 Å². The number of aliphatic hydroxyl groups excluding tert-OH is 2. The number of phenolic OH excluding ortho intramolecular Hbond substituents is 1. The van der Waals surface area contributed by atoms with Gasteiger partial charge in [-0.2, -0.15) is 16.9 Å². The second kappa shape index (κ2) is 29.2. The number of benzene rings is 3. The fourth-order valence-corrected chi connectivity index (χ4v) is 11.8. The Morgan fingerprint density at radius 1 is 0.793 bits per heavy atom. The number of nitrogens with one attached hydrogen (secondary N) is 4. The lowest BCUT2D eigenvalue weighted by Gasteiger charge is -2.30. The van der Waals surface area contributed by atoms with E-state index in [4.69, 9.17) is 19.5 Å². The molecular weight excluding hydrogens is 1180 g/mol. The Morgan fingerprint density at radius 2 is 1.39 bits per heavy atom. The summed E-state index contributed by atoms with van der Waals surface area (Å²) >= 11 is 5.32. The van der Waals surface area contributed by atoms with Crippen molar-refractivity contribution in [2.24, 2.45) is 5.41 Å². The molecule has 3 aromatic carbocycles. The van der Waals surface area contributed by atoms with Crippen molar-refractivity contribution in [1.82, 2.24) is 40.8 Å². The largest absolute Gasteiger partial charge is 0.508 e.